The van der Waals surface area contributed by atoms with E-state index in [4.69, 9.17) is 11.6 Å². The van der Waals surface area contributed by atoms with Gasteiger partial charge in [0.25, 0.3) is 5.69 Å². The first-order valence-electron chi connectivity index (χ1n) is 5.86. The molecule has 3 aromatic rings. The third-order valence-electron chi connectivity index (χ3n) is 3.12. The molecule has 4 nitrogen and oxygen atoms in total. The van der Waals surface area contributed by atoms with E-state index in [0.29, 0.717) is 14.7 Å². The number of thiophene rings is 1. The number of pyridine rings is 1. The largest absolute Gasteiger partial charge is 0.296 e. The van der Waals surface area contributed by atoms with Crippen LogP contribution in [0.4, 0.5) is 5.69 Å². The topological polar surface area (TPSA) is 56.0 Å². The fourth-order valence-electron chi connectivity index (χ4n) is 2.22. The molecular formula is C14H9ClN2O2S. The van der Waals surface area contributed by atoms with Crippen LogP contribution >= 0.6 is 22.9 Å². The standard InChI is InChI=1S/C14H9ClN2O2S/c1-8-4-2-3-5-9(8)13-10-6-12(15)20-14(10)16-7-11(13)17(18)19/h2-7H,1H3. The molecule has 0 aliphatic rings. The van der Waals surface area contributed by atoms with Gasteiger partial charge < -0.3 is 0 Å². The maximum Gasteiger partial charge on any atom is 0.296 e. The van der Waals surface area contributed by atoms with Gasteiger partial charge in [0.2, 0.25) is 0 Å². The van der Waals surface area contributed by atoms with Crippen LogP contribution in [-0.2, 0) is 0 Å². The smallest absolute Gasteiger partial charge is 0.258 e. The van der Waals surface area contributed by atoms with E-state index in [1.54, 1.807) is 6.07 Å². The molecule has 0 amide bonds. The van der Waals surface area contributed by atoms with Crippen LogP contribution in [0.5, 0.6) is 0 Å². The van der Waals surface area contributed by atoms with Crippen molar-refractivity contribution in [1.82, 2.24) is 4.98 Å². The minimum absolute atomic E-state index is 0.00117. The van der Waals surface area contributed by atoms with Crippen LogP contribution in [-0.4, -0.2) is 9.91 Å². The predicted octanol–water partition coefficient (Wildman–Crippen LogP) is 4.83. The third kappa shape index (κ3) is 2.05. The van der Waals surface area contributed by atoms with Crippen LogP contribution in [0.3, 0.4) is 0 Å². The van der Waals surface area contributed by atoms with Crippen molar-refractivity contribution >= 4 is 38.8 Å². The van der Waals surface area contributed by atoms with Gasteiger partial charge in [0.15, 0.2) is 0 Å². The Bertz CT molecular complexity index is 829. The van der Waals surface area contributed by atoms with E-state index >= 15 is 0 Å². The van der Waals surface area contributed by atoms with Crippen molar-refractivity contribution in [2.24, 2.45) is 0 Å². The number of hydrogen-bond acceptors (Lipinski definition) is 4. The summed E-state index contributed by atoms with van der Waals surface area (Å²) in [5.74, 6) is 0. The lowest BCUT2D eigenvalue weighted by molar-refractivity contribution is -0.384. The first kappa shape index (κ1) is 13.0. The van der Waals surface area contributed by atoms with Gasteiger partial charge in [0, 0.05) is 5.39 Å². The van der Waals surface area contributed by atoms with Crippen LogP contribution in [0, 0.1) is 17.0 Å². The van der Waals surface area contributed by atoms with Gasteiger partial charge in [-0.15, -0.1) is 11.3 Å². The van der Waals surface area contributed by atoms with Crippen LogP contribution in [0.2, 0.25) is 4.34 Å². The molecule has 0 saturated carbocycles. The second-order valence-electron chi connectivity index (χ2n) is 4.36. The highest BCUT2D eigenvalue weighted by Crippen LogP contribution is 2.41. The first-order chi connectivity index (χ1) is 9.58. The van der Waals surface area contributed by atoms with Gasteiger partial charge in [0.1, 0.15) is 11.0 Å². The summed E-state index contributed by atoms with van der Waals surface area (Å²) in [7, 11) is 0. The molecule has 2 aromatic heterocycles. The summed E-state index contributed by atoms with van der Waals surface area (Å²) in [5, 5.41) is 12.0. The van der Waals surface area contributed by atoms with Crippen molar-refractivity contribution in [2.45, 2.75) is 6.92 Å². The van der Waals surface area contributed by atoms with E-state index in [1.165, 1.54) is 17.5 Å². The maximum absolute atomic E-state index is 11.3. The molecule has 0 aliphatic heterocycles. The molecule has 0 radical (unpaired) electrons. The van der Waals surface area contributed by atoms with Gasteiger partial charge in [-0.2, -0.15) is 0 Å². The second-order valence-corrected chi connectivity index (χ2v) is 6.02. The van der Waals surface area contributed by atoms with E-state index in [9.17, 15) is 10.1 Å². The molecule has 20 heavy (non-hydrogen) atoms. The Morgan fingerprint density at radius 2 is 2.10 bits per heavy atom. The number of aromatic nitrogens is 1. The zero-order valence-electron chi connectivity index (χ0n) is 10.5. The third-order valence-corrected chi connectivity index (χ3v) is 4.30. The Balaban J connectivity index is 2.45. The molecule has 0 N–H and O–H groups in total. The molecular weight excluding hydrogens is 296 g/mol. The first-order valence-corrected chi connectivity index (χ1v) is 7.06. The molecule has 0 bridgehead atoms. The van der Waals surface area contributed by atoms with Crippen molar-refractivity contribution in [1.29, 1.82) is 0 Å². The van der Waals surface area contributed by atoms with E-state index in [-0.39, 0.29) is 5.69 Å². The van der Waals surface area contributed by atoms with Crippen LogP contribution in [0.1, 0.15) is 5.56 Å². The van der Waals surface area contributed by atoms with Crippen molar-refractivity contribution in [3.63, 3.8) is 0 Å². The van der Waals surface area contributed by atoms with Gasteiger partial charge >= 0.3 is 0 Å². The summed E-state index contributed by atoms with van der Waals surface area (Å²) in [5.41, 5.74) is 2.40. The Kier molecular flexibility index (Phi) is 3.16. The summed E-state index contributed by atoms with van der Waals surface area (Å²) in [4.78, 5) is 15.7. The molecule has 0 saturated heterocycles. The Morgan fingerprint density at radius 3 is 2.80 bits per heavy atom. The minimum Gasteiger partial charge on any atom is -0.258 e. The van der Waals surface area contributed by atoms with Gasteiger partial charge in [-0.05, 0) is 24.1 Å². The van der Waals surface area contributed by atoms with E-state index in [2.05, 4.69) is 4.98 Å². The lowest BCUT2D eigenvalue weighted by atomic mass is 9.98. The number of nitro groups is 1. The lowest BCUT2D eigenvalue weighted by Crippen LogP contribution is -1.95. The van der Waals surface area contributed by atoms with Gasteiger partial charge in [0.05, 0.1) is 14.8 Å². The summed E-state index contributed by atoms with van der Waals surface area (Å²) in [6, 6.07) is 9.32. The van der Waals surface area contributed by atoms with Gasteiger partial charge in [-0.25, -0.2) is 4.98 Å². The van der Waals surface area contributed by atoms with Crippen molar-refractivity contribution < 1.29 is 4.92 Å². The van der Waals surface area contributed by atoms with Gasteiger partial charge in [-0.1, -0.05) is 35.9 Å². The Labute approximate surface area is 123 Å². The highest BCUT2D eigenvalue weighted by atomic mass is 35.5. The molecule has 0 aliphatic carbocycles. The molecule has 6 heteroatoms. The average molecular weight is 305 g/mol. The number of halogens is 1. The zero-order valence-corrected chi connectivity index (χ0v) is 12.0. The second kappa shape index (κ2) is 4.85. The molecule has 100 valence electrons. The van der Waals surface area contributed by atoms with E-state index in [0.717, 1.165) is 16.5 Å². The molecule has 0 atom stereocenters. The van der Waals surface area contributed by atoms with Crippen LogP contribution < -0.4 is 0 Å². The molecule has 1 aromatic carbocycles. The number of benzene rings is 1. The SMILES string of the molecule is Cc1ccccc1-c1c([N+](=O)[O-])cnc2sc(Cl)cc12. The number of aryl methyl sites for hydroxylation is 1. The summed E-state index contributed by atoms with van der Waals surface area (Å²) >= 11 is 7.34. The van der Waals surface area contributed by atoms with E-state index < -0.39 is 4.92 Å². The number of hydrogen-bond donors (Lipinski definition) is 0. The number of rotatable bonds is 2. The number of fused-ring (bicyclic) bond motifs is 1. The van der Waals surface area contributed by atoms with Crippen molar-refractivity contribution in [3.05, 3.63) is 56.5 Å². The molecule has 0 unspecified atom stereocenters. The summed E-state index contributed by atoms with van der Waals surface area (Å²) in [6.07, 6.45) is 1.30. The lowest BCUT2D eigenvalue weighted by Gasteiger charge is -2.07. The molecule has 0 fully saturated rings. The fourth-order valence-corrected chi connectivity index (χ4v) is 3.29. The van der Waals surface area contributed by atoms with Crippen molar-refractivity contribution in [3.8, 4) is 11.1 Å². The highest BCUT2D eigenvalue weighted by molar-refractivity contribution is 7.22. The quantitative estimate of drug-likeness (QED) is 0.503. The van der Waals surface area contributed by atoms with Crippen LogP contribution in [0.15, 0.2) is 36.5 Å². The fraction of sp³-hybridized carbons (Fsp3) is 0.0714. The summed E-state index contributed by atoms with van der Waals surface area (Å²) in [6.45, 7) is 1.93. The predicted molar refractivity (Wildman–Crippen MR) is 81.5 cm³/mol. The zero-order chi connectivity index (χ0) is 14.3. The summed E-state index contributed by atoms with van der Waals surface area (Å²) < 4.78 is 0.572. The average Bonchev–Trinajstić information content (AvgIpc) is 2.78. The number of nitrogens with zero attached hydrogens (tertiary/aromatic N) is 2. The molecule has 3 rings (SSSR count). The molecule has 2 heterocycles. The van der Waals surface area contributed by atoms with Crippen LogP contribution in [0.25, 0.3) is 21.3 Å². The maximum atomic E-state index is 11.3. The van der Waals surface area contributed by atoms with E-state index in [1.807, 2.05) is 31.2 Å². The van der Waals surface area contributed by atoms with Crippen molar-refractivity contribution in [2.75, 3.05) is 0 Å². The monoisotopic (exact) mass is 304 g/mol. The molecule has 0 spiro atoms. The normalized spacial score (nSPS) is 10.9. The minimum atomic E-state index is -0.403. The van der Waals surface area contributed by atoms with Gasteiger partial charge in [-0.3, -0.25) is 10.1 Å². The Hall–Kier alpha value is -1.98. The highest BCUT2D eigenvalue weighted by Gasteiger charge is 2.22. The Morgan fingerprint density at radius 1 is 1.35 bits per heavy atom.